The summed E-state index contributed by atoms with van der Waals surface area (Å²) in [6.07, 6.45) is 1.64. The molecule has 0 saturated carbocycles. The van der Waals surface area contributed by atoms with E-state index >= 15 is 0 Å². The number of nitrogens with zero attached hydrogens (tertiary/aromatic N) is 1. The van der Waals surface area contributed by atoms with Crippen LogP contribution in [0.15, 0.2) is 42.6 Å². The molecule has 0 atom stereocenters. The summed E-state index contributed by atoms with van der Waals surface area (Å²) in [4.78, 5) is 27.5. The van der Waals surface area contributed by atoms with E-state index in [1.54, 1.807) is 24.4 Å². The second-order valence-corrected chi connectivity index (χ2v) is 6.40. The molecule has 0 radical (unpaired) electrons. The number of pyridine rings is 1. The van der Waals surface area contributed by atoms with Gasteiger partial charge in [-0.3, -0.25) is 9.59 Å². The van der Waals surface area contributed by atoms with Crippen LogP contribution in [0.25, 0.3) is 0 Å². The molecule has 0 unspecified atom stereocenters. The molecule has 0 aliphatic carbocycles. The van der Waals surface area contributed by atoms with Crippen LogP contribution >= 0.6 is 0 Å². The first-order valence-electron chi connectivity index (χ1n) is 7.41. The van der Waals surface area contributed by atoms with E-state index in [4.69, 9.17) is 0 Å². The van der Waals surface area contributed by atoms with E-state index in [0.29, 0.717) is 11.4 Å². The van der Waals surface area contributed by atoms with Crippen molar-refractivity contribution in [2.24, 2.45) is 5.41 Å². The second kappa shape index (κ2) is 6.60. The number of anilines is 3. The first-order chi connectivity index (χ1) is 10.8. The SMILES string of the molecule is CC(=O)c1cccc(Nc2ccc(NC(=O)C(C)(C)C)nc2)c1. The fourth-order valence-corrected chi connectivity index (χ4v) is 1.83. The molecule has 0 bridgehead atoms. The molecule has 2 N–H and O–H groups in total. The summed E-state index contributed by atoms with van der Waals surface area (Å²) in [6.45, 7) is 7.08. The van der Waals surface area contributed by atoms with E-state index in [9.17, 15) is 9.59 Å². The van der Waals surface area contributed by atoms with Gasteiger partial charge in [0.1, 0.15) is 5.82 Å². The smallest absolute Gasteiger partial charge is 0.230 e. The van der Waals surface area contributed by atoms with Crippen molar-refractivity contribution in [1.29, 1.82) is 0 Å². The van der Waals surface area contributed by atoms with E-state index in [2.05, 4.69) is 15.6 Å². The molecule has 1 heterocycles. The van der Waals surface area contributed by atoms with Crippen LogP contribution in [0, 0.1) is 5.41 Å². The van der Waals surface area contributed by atoms with Gasteiger partial charge >= 0.3 is 0 Å². The van der Waals surface area contributed by atoms with E-state index < -0.39 is 5.41 Å². The fourth-order valence-electron chi connectivity index (χ4n) is 1.83. The summed E-state index contributed by atoms with van der Waals surface area (Å²) in [5.74, 6) is 0.444. The minimum absolute atomic E-state index is 0.0204. The normalized spacial score (nSPS) is 11.0. The van der Waals surface area contributed by atoms with E-state index in [1.807, 2.05) is 39.0 Å². The van der Waals surface area contributed by atoms with E-state index in [0.717, 1.165) is 11.4 Å². The molecule has 5 nitrogen and oxygen atoms in total. The third-order valence-corrected chi connectivity index (χ3v) is 3.24. The van der Waals surface area contributed by atoms with Crippen molar-refractivity contribution in [2.45, 2.75) is 27.7 Å². The number of amides is 1. The van der Waals surface area contributed by atoms with Crippen LogP contribution in [-0.2, 0) is 4.79 Å². The number of hydrogen-bond acceptors (Lipinski definition) is 4. The summed E-state index contributed by atoms with van der Waals surface area (Å²) in [7, 11) is 0. The number of benzene rings is 1. The van der Waals surface area contributed by atoms with Gasteiger partial charge in [0.05, 0.1) is 11.9 Å². The van der Waals surface area contributed by atoms with E-state index in [-0.39, 0.29) is 11.7 Å². The number of rotatable bonds is 4. The molecular formula is C18H21N3O2. The number of carbonyl (C=O) groups excluding carboxylic acids is 2. The van der Waals surface area contributed by atoms with Crippen molar-refractivity contribution >= 4 is 28.9 Å². The summed E-state index contributed by atoms with van der Waals surface area (Å²) in [5.41, 5.74) is 1.77. The molecule has 1 amide bonds. The molecule has 0 saturated heterocycles. The van der Waals surface area contributed by atoms with Crippen LogP contribution in [-0.4, -0.2) is 16.7 Å². The number of nitrogens with one attached hydrogen (secondary N) is 2. The lowest BCUT2D eigenvalue weighted by molar-refractivity contribution is -0.123. The fraction of sp³-hybridized carbons (Fsp3) is 0.278. The summed E-state index contributed by atoms with van der Waals surface area (Å²) >= 11 is 0. The van der Waals surface area contributed by atoms with Crippen molar-refractivity contribution in [3.05, 3.63) is 48.2 Å². The van der Waals surface area contributed by atoms with Crippen LogP contribution in [0.3, 0.4) is 0 Å². The van der Waals surface area contributed by atoms with E-state index in [1.165, 1.54) is 6.92 Å². The Bertz CT molecular complexity index is 716. The molecule has 5 heteroatoms. The molecule has 2 aromatic rings. The van der Waals surface area contributed by atoms with Crippen LogP contribution in [0.1, 0.15) is 38.1 Å². The lowest BCUT2D eigenvalue weighted by Crippen LogP contribution is -2.27. The predicted molar refractivity (Wildman–Crippen MR) is 92.1 cm³/mol. The summed E-state index contributed by atoms with van der Waals surface area (Å²) in [6, 6.07) is 10.8. The van der Waals surface area contributed by atoms with Crippen molar-refractivity contribution in [3.63, 3.8) is 0 Å². The maximum absolute atomic E-state index is 11.9. The molecule has 0 aliphatic rings. The molecule has 0 fully saturated rings. The third kappa shape index (κ3) is 4.64. The highest BCUT2D eigenvalue weighted by Crippen LogP contribution is 2.20. The highest BCUT2D eigenvalue weighted by molar-refractivity contribution is 5.95. The first-order valence-corrected chi connectivity index (χ1v) is 7.41. The number of ketones is 1. The third-order valence-electron chi connectivity index (χ3n) is 3.24. The summed E-state index contributed by atoms with van der Waals surface area (Å²) < 4.78 is 0. The van der Waals surface area contributed by atoms with Gasteiger partial charge in [0.25, 0.3) is 0 Å². The molecule has 120 valence electrons. The zero-order chi connectivity index (χ0) is 17.0. The topological polar surface area (TPSA) is 71.1 Å². The number of hydrogen-bond donors (Lipinski definition) is 2. The van der Waals surface area contributed by atoms with Gasteiger partial charge in [-0.25, -0.2) is 4.98 Å². The first kappa shape index (κ1) is 16.7. The van der Waals surface area contributed by atoms with Crippen molar-refractivity contribution in [2.75, 3.05) is 10.6 Å². The van der Waals surface area contributed by atoms with Crippen LogP contribution in [0.4, 0.5) is 17.2 Å². The van der Waals surface area contributed by atoms with Gasteiger partial charge in [0, 0.05) is 16.7 Å². The van der Waals surface area contributed by atoms with Crippen LogP contribution in [0.5, 0.6) is 0 Å². The van der Waals surface area contributed by atoms with Gasteiger partial charge in [0.2, 0.25) is 5.91 Å². The monoisotopic (exact) mass is 311 g/mol. The zero-order valence-corrected chi connectivity index (χ0v) is 13.8. The Balaban J connectivity index is 2.07. The average molecular weight is 311 g/mol. The van der Waals surface area contributed by atoms with Crippen molar-refractivity contribution < 1.29 is 9.59 Å². The quantitative estimate of drug-likeness (QED) is 0.837. The Morgan fingerprint density at radius 1 is 1.04 bits per heavy atom. The van der Waals surface area contributed by atoms with Gasteiger partial charge in [0.15, 0.2) is 5.78 Å². The molecule has 2 rings (SSSR count). The highest BCUT2D eigenvalue weighted by atomic mass is 16.2. The highest BCUT2D eigenvalue weighted by Gasteiger charge is 2.21. The molecule has 23 heavy (non-hydrogen) atoms. The van der Waals surface area contributed by atoms with Crippen LogP contribution < -0.4 is 10.6 Å². The Hall–Kier alpha value is -2.69. The molecule has 1 aromatic heterocycles. The maximum Gasteiger partial charge on any atom is 0.230 e. The number of carbonyl (C=O) groups is 2. The summed E-state index contributed by atoms with van der Waals surface area (Å²) in [5, 5.41) is 5.96. The standard InChI is InChI=1S/C18H21N3O2/c1-12(22)13-6-5-7-14(10-13)20-15-8-9-16(19-11-15)21-17(23)18(2,3)4/h5-11,20H,1-4H3,(H,19,21,23). The Morgan fingerprint density at radius 2 is 1.78 bits per heavy atom. The molecule has 0 aliphatic heterocycles. The minimum atomic E-state index is -0.467. The Morgan fingerprint density at radius 3 is 2.35 bits per heavy atom. The maximum atomic E-state index is 11.9. The minimum Gasteiger partial charge on any atom is -0.354 e. The van der Waals surface area contributed by atoms with Gasteiger partial charge in [-0.1, -0.05) is 32.9 Å². The second-order valence-electron chi connectivity index (χ2n) is 6.40. The molecule has 1 aromatic carbocycles. The largest absolute Gasteiger partial charge is 0.354 e. The number of Topliss-reactive ketones (excluding diaryl/α,β-unsaturated/α-hetero) is 1. The molecule has 0 spiro atoms. The van der Waals surface area contributed by atoms with Crippen molar-refractivity contribution in [3.8, 4) is 0 Å². The average Bonchev–Trinajstić information content (AvgIpc) is 2.48. The Labute approximate surface area is 136 Å². The lowest BCUT2D eigenvalue weighted by Gasteiger charge is -2.17. The van der Waals surface area contributed by atoms with Gasteiger partial charge < -0.3 is 10.6 Å². The van der Waals surface area contributed by atoms with Gasteiger partial charge in [-0.2, -0.15) is 0 Å². The lowest BCUT2D eigenvalue weighted by atomic mass is 9.96. The molecular weight excluding hydrogens is 290 g/mol. The zero-order valence-electron chi connectivity index (χ0n) is 13.8. The Kier molecular flexibility index (Phi) is 4.79. The van der Waals surface area contributed by atoms with Gasteiger partial charge in [-0.05, 0) is 31.2 Å². The van der Waals surface area contributed by atoms with Crippen LogP contribution in [0.2, 0.25) is 0 Å². The van der Waals surface area contributed by atoms with Crippen molar-refractivity contribution in [1.82, 2.24) is 4.98 Å². The predicted octanol–water partition coefficient (Wildman–Crippen LogP) is 4.01. The number of aromatic nitrogens is 1. The van der Waals surface area contributed by atoms with Gasteiger partial charge in [-0.15, -0.1) is 0 Å².